The second-order valence-electron chi connectivity index (χ2n) is 5.37. The number of benzene rings is 3. The van der Waals surface area contributed by atoms with Gasteiger partial charge in [-0.05, 0) is 41.3 Å². The summed E-state index contributed by atoms with van der Waals surface area (Å²) in [7, 11) is 0. The van der Waals surface area contributed by atoms with Crippen LogP contribution in [0.5, 0.6) is 0 Å². The molecule has 0 amide bonds. The van der Waals surface area contributed by atoms with Gasteiger partial charge in [-0.25, -0.2) is 8.78 Å². The van der Waals surface area contributed by atoms with Crippen LogP contribution in [-0.4, -0.2) is 0 Å². The van der Waals surface area contributed by atoms with Crippen LogP contribution in [0.2, 0.25) is 0 Å². The predicted octanol–water partition coefficient (Wildman–Crippen LogP) is 5.48. The molecule has 0 aliphatic carbocycles. The summed E-state index contributed by atoms with van der Waals surface area (Å²) in [6, 6.07) is 19.5. The maximum atomic E-state index is 13.7. The van der Waals surface area contributed by atoms with Crippen LogP contribution in [0.25, 0.3) is 22.3 Å². The molecule has 3 aromatic carbocycles. The average molecular weight is 305 g/mol. The SMILES string of the molecule is Cc1ccc(-c2ccc(-c3cc(F)c(C#N)c(F)c3)cc2)cc1. The Bertz CT molecular complexity index is 865. The van der Waals surface area contributed by atoms with Crippen LogP contribution in [0.4, 0.5) is 8.78 Å². The van der Waals surface area contributed by atoms with Crippen molar-refractivity contribution in [2.75, 3.05) is 0 Å². The van der Waals surface area contributed by atoms with Crippen molar-refractivity contribution < 1.29 is 8.78 Å². The first-order valence-electron chi connectivity index (χ1n) is 7.15. The molecule has 112 valence electrons. The van der Waals surface area contributed by atoms with Crippen molar-refractivity contribution in [3.63, 3.8) is 0 Å². The monoisotopic (exact) mass is 305 g/mol. The van der Waals surface area contributed by atoms with Crippen molar-refractivity contribution in [2.45, 2.75) is 6.92 Å². The van der Waals surface area contributed by atoms with Crippen LogP contribution >= 0.6 is 0 Å². The lowest BCUT2D eigenvalue weighted by Gasteiger charge is -2.07. The minimum absolute atomic E-state index is 0.412. The van der Waals surface area contributed by atoms with Gasteiger partial charge in [0.05, 0.1) is 0 Å². The Morgan fingerprint density at radius 2 is 1.09 bits per heavy atom. The minimum atomic E-state index is -0.842. The molecule has 1 nitrogen and oxygen atoms in total. The van der Waals surface area contributed by atoms with Gasteiger partial charge in [-0.3, -0.25) is 0 Å². The molecular weight excluding hydrogens is 292 g/mol. The second-order valence-corrected chi connectivity index (χ2v) is 5.37. The summed E-state index contributed by atoms with van der Waals surface area (Å²) in [6.45, 7) is 2.03. The highest BCUT2D eigenvalue weighted by Gasteiger charge is 2.11. The third-order valence-corrected chi connectivity index (χ3v) is 3.76. The zero-order valence-corrected chi connectivity index (χ0v) is 12.5. The summed E-state index contributed by atoms with van der Waals surface area (Å²) >= 11 is 0. The lowest BCUT2D eigenvalue weighted by molar-refractivity contribution is 0.577. The van der Waals surface area contributed by atoms with Gasteiger partial charge in [0, 0.05) is 0 Å². The summed E-state index contributed by atoms with van der Waals surface area (Å²) in [4.78, 5) is 0. The number of halogens is 2. The van der Waals surface area contributed by atoms with E-state index in [0.717, 1.165) is 11.1 Å². The molecule has 0 saturated heterocycles. The van der Waals surface area contributed by atoms with E-state index in [1.54, 1.807) is 0 Å². The van der Waals surface area contributed by atoms with Gasteiger partial charge >= 0.3 is 0 Å². The molecule has 3 heteroatoms. The summed E-state index contributed by atoms with van der Waals surface area (Å²) in [5.74, 6) is -1.68. The van der Waals surface area contributed by atoms with Crippen molar-refractivity contribution in [1.29, 1.82) is 5.26 Å². The van der Waals surface area contributed by atoms with E-state index in [0.29, 0.717) is 11.1 Å². The summed E-state index contributed by atoms with van der Waals surface area (Å²) in [5, 5.41) is 8.71. The first-order chi connectivity index (χ1) is 11.1. The highest BCUT2D eigenvalue weighted by Crippen LogP contribution is 2.27. The van der Waals surface area contributed by atoms with Gasteiger partial charge in [0.2, 0.25) is 0 Å². The van der Waals surface area contributed by atoms with Gasteiger partial charge in [-0.1, -0.05) is 54.1 Å². The number of aryl methyl sites for hydroxylation is 1. The van der Waals surface area contributed by atoms with Crippen molar-refractivity contribution in [2.24, 2.45) is 0 Å². The Labute approximate surface area is 133 Å². The maximum Gasteiger partial charge on any atom is 0.144 e. The summed E-state index contributed by atoms with van der Waals surface area (Å²) in [5.41, 5.74) is 3.86. The Morgan fingerprint density at radius 3 is 1.52 bits per heavy atom. The maximum absolute atomic E-state index is 13.7. The first-order valence-corrected chi connectivity index (χ1v) is 7.15. The quantitative estimate of drug-likeness (QED) is 0.615. The molecule has 23 heavy (non-hydrogen) atoms. The van der Waals surface area contributed by atoms with Crippen LogP contribution < -0.4 is 0 Å². The standard InChI is InChI=1S/C20H13F2N/c1-13-2-4-14(5-3-13)15-6-8-16(9-7-15)17-10-19(21)18(12-23)20(22)11-17/h2-11H,1H3. The molecule has 0 aromatic heterocycles. The molecular formula is C20H13F2N. The lowest BCUT2D eigenvalue weighted by atomic mass is 9.99. The van der Waals surface area contributed by atoms with Crippen LogP contribution in [0.15, 0.2) is 60.7 Å². The smallest absolute Gasteiger partial charge is 0.144 e. The largest absolute Gasteiger partial charge is 0.205 e. The third-order valence-electron chi connectivity index (χ3n) is 3.76. The van der Waals surface area contributed by atoms with Crippen LogP contribution in [0.1, 0.15) is 11.1 Å². The molecule has 0 unspecified atom stereocenters. The second kappa shape index (κ2) is 6.02. The van der Waals surface area contributed by atoms with Crippen LogP contribution in [0, 0.1) is 29.9 Å². The fourth-order valence-corrected chi connectivity index (χ4v) is 2.45. The fraction of sp³-hybridized carbons (Fsp3) is 0.0500. The molecule has 0 spiro atoms. The number of hydrogen-bond donors (Lipinski definition) is 0. The molecule has 0 aliphatic rings. The highest BCUT2D eigenvalue weighted by atomic mass is 19.1. The van der Waals surface area contributed by atoms with Crippen molar-refractivity contribution in [3.8, 4) is 28.3 Å². The molecule has 0 radical (unpaired) electrons. The fourth-order valence-electron chi connectivity index (χ4n) is 2.45. The zero-order valence-electron chi connectivity index (χ0n) is 12.5. The van der Waals surface area contributed by atoms with Gasteiger partial charge in [0.15, 0.2) is 0 Å². The van der Waals surface area contributed by atoms with E-state index in [4.69, 9.17) is 5.26 Å². The van der Waals surface area contributed by atoms with Gasteiger partial charge in [-0.15, -0.1) is 0 Å². The molecule has 0 saturated carbocycles. The molecule has 3 aromatic rings. The Morgan fingerprint density at radius 1 is 0.696 bits per heavy atom. The topological polar surface area (TPSA) is 23.8 Å². The van der Waals surface area contributed by atoms with E-state index in [1.807, 2.05) is 55.5 Å². The molecule has 0 heterocycles. The van der Waals surface area contributed by atoms with E-state index >= 15 is 0 Å². The number of rotatable bonds is 2. The Hall–Kier alpha value is -2.99. The summed E-state index contributed by atoms with van der Waals surface area (Å²) < 4.78 is 27.4. The molecule has 0 aliphatic heterocycles. The average Bonchev–Trinajstić information content (AvgIpc) is 2.55. The van der Waals surface area contributed by atoms with Crippen LogP contribution in [-0.2, 0) is 0 Å². The molecule has 0 bridgehead atoms. The molecule has 3 rings (SSSR count). The van der Waals surface area contributed by atoms with E-state index in [1.165, 1.54) is 23.8 Å². The predicted molar refractivity (Wildman–Crippen MR) is 86.7 cm³/mol. The van der Waals surface area contributed by atoms with Gasteiger partial charge < -0.3 is 0 Å². The van der Waals surface area contributed by atoms with Crippen molar-refractivity contribution >= 4 is 0 Å². The minimum Gasteiger partial charge on any atom is -0.205 e. The molecule has 0 fully saturated rings. The van der Waals surface area contributed by atoms with Crippen LogP contribution in [0.3, 0.4) is 0 Å². The van der Waals surface area contributed by atoms with Crippen molar-refractivity contribution in [1.82, 2.24) is 0 Å². The normalized spacial score (nSPS) is 10.3. The van der Waals surface area contributed by atoms with E-state index in [-0.39, 0.29) is 0 Å². The number of nitrogens with zero attached hydrogens (tertiary/aromatic N) is 1. The first kappa shape index (κ1) is 14.9. The Kier molecular flexibility index (Phi) is 3.91. The lowest BCUT2D eigenvalue weighted by Crippen LogP contribution is -1.92. The summed E-state index contributed by atoms with van der Waals surface area (Å²) in [6.07, 6.45) is 0. The zero-order chi connectivity index (χ0) is 16.4. The Balaban J connectivity index is 1.97. The third kappa shape index (κ3) is 2.97. The number of hydrogen-bond acceptors (Lipinski definition) is 1. The number of nitriles is 1. The van der Waals surface area contributed by atoms with E-state index in [2.05, 4.69) is 0 Å². The van der Waals surface area contributed by atoms with E-state index < -0.39 is 17.2 Å². The van der Waals surface area contributed by atoms with Gasteiger partial charge in [0.1, 0.15) is 23.3 Å². The van der Waals surface area contributed by atoms with Crippen molar-refractivity contribution in [3.05, 3.63) is 83.4 Å². The molecule has 0 N–H and O–H groups in total. The van der Waals surface area contributed by atoms with E-state index in [9.17, 15) is 8.78 Å². The van der Waals surface area contributed by atoms with Gasteiger partial charge in [0.25, 0.3) is 0 Å². The molecule has 0 atom stereocenters. The van der Waals surface area contributed by atoms with Gasteiger partial charge in [-0.2, -0.15) is 5.26 Å². The highest BCUT2D eigenvalue weighted by molar-refractivity contribution is 5.71.